The maximum atomic E-state index is 13.6. The minimum Gasteiger partial charge on any atom is -0.365 e. The predicted octanol–water partition coefficient (Wildman–Crippen LogP) is 1.76. The van der Waals surface area contributed by atoms with Gasteiger partial charge in [0.25, 0.3) is 5.91 Å². The molecule has 0 unspecified atom stereocenters. The third-order valence-corrected chi connectivity index (χ3v) is 2.64. The van der Waals surface area contributed by atoms with Gasteiger partial charge in [-0.15, -0.1) is 0 Å². The number of nitrogens with two attached hydrogens (primary N) is 1. The summed E-state index contributed by atoms with van der Waals surface area (Å²) in [6, 6.07) is 0. The Bertz CT molecular complexity index is 612. The first-order valence-electron chi connectivity index (χ1n) is 4.78. The molecule has 3 N–H and O–H groups in total. The van der Waals surface area contributed by atoms with Crippen molar-refractivity contribution in [3.8, 4) is 6.19 Å². The van der Waals surface area contributed by atoms with Crippen LogP contribution in [0.5, 0.6) is 0 Å². The molecular weight excluding hydrogens is 300 g/mol. The molecule has 1 rings (SSSR count). The van der Waals surface area contributed by atoms with Crippen LogP contribution in [-0.2, 0) is 0 Å². The Kier molecular flexibility index (Phi) is 4.93. The summed E-state index contributed by atoms with van der Waals surface area (Å²) in [5.74, 6) is -9.33. The normalized spacial score (nSPS) is 11.1. The maximum Gasteiger partial charge on any atom is 0.254 e. The second-order valence-electron chi connectivity index (χ2n) is 3.20. The van der Waals surface area contributed by atoms with E-state index in [1.165, 1.54) is 12.4 Å². The highest BCUT2D eigenvalue weighted by atomic mass is 32.2. The lowest BCUT2D eigenvalue weighted by Crippen LogP contribution is -2.18. The van der Waals surface area contributed by atoms with Gasteiger partial charge in [-0.1, -0.05) is 11.8 Å². The smallest absolute Gasteiger partial charge is 0.254 e. The molecule has 1 aromatic rings. The van der Waals surface area contributed by atoms with E-state index in [0.717, 1.165) is 11.8 Å². The van der Waals surface area contributed by atoms with Crippen LogP contribution in [-0.4, -0.2) is 17.3 Å². The highest BCUT2D eigenvalue weighted by molar-refractivity contribution is 8.13. The van der Waals surface area contributed by atoms with Gasteiger partial charge in [-0.25, -0.2) is 22.6 Å². The lowest BCUT2D eigenvalue weighted by molar-refractivity contribution is 0.0990. The SMILES string of the molecule is CSC(=Nc1c(F)c(F)c(C(N)=O)c(F)c1F)NC#N. The number of hydrogen-bond donors (Lipinski definition) is 2. The molecule has 0 spiro atoms. The molecule has 0 saturated carbocycles. The van der Waals surface area contributed by atoms with Crippen LogP contribution in [0, 0.1) is 34.7 Å². The molecular formula is C10H6F4N4OS. The van der Waals surface area contributed by atoms with E-state index in [1.807, 2.05) is 5.32 Å². The Morgan fingerprint density at radius 2 is 1.75 bits per heavy atom. The summed E-state index contributed by atoms with van der Waals surface area (Å²) in [5.41, 5.74) is 1.79. The fourth-order valence-corrected chi connectivity index (χ4v) is 1.54. The number of benzene rings is 1. The minimum atomic E-state index is -1.95. The van der Waals surface area contributed by atoms with E-state index in [4.69, 9.17) is 5.26 Å². The van der Waals surface area contributed by atoms with Crippen LogP contribution in [0.1, 0.15) is 10.4 Å². The minimum absolute atomic E-state index is 0.295. The van der Waals surface area contributed by atoms with E-state index < -0.39 is 40.4 Å². The molecule has 5 nitrogen and oxygen atoms in total. The summed E-state index contributed by atoms with van der Waals surface area (Å²) in [4.78, 5) is 14.0. The molecule has 20 heavy (non-hydrogen) atoms. The van der Waals surface area contributed by atoms with Crippen LogP contribution in [0.25, 0.3) is 0 Å². The van der Waals surface area contributed by atoms with Crippen LogP contribution < -0.4 is 11.1 Å². The molecule has 0 atom stereocenters. The predicted molar refractivity (Wildman–Crippen MR) is 64.2 cm³/mol. The van der Waals surface area contributed by atoms with Crippen LogP contribution in [0.2, 0.25) is 0 Å². The molecule has 1 amide bonds. The number of amidine groups is 1. The van der Waals surface area contributed by atoms with Crippen molar-refractivity contribution in [3.05, 3.63) is 28.8 Å². The number of halogens is 4. The first-order chi connectivity index (χ1) is 9.34. The van der Waals surface area contributed by atoms with Gasteiger partial charge in [0.15, 0.2) is 34.6 Å². The number of nitriles is 1. The number of thioether (sulfide) groups is 1. The monoisotopic (exact) mass is 306 g/mol. The van der Waals surface area contributed by atoms with Gasteiger partial charge < -0.3 is 5.73 Å². The summed E-state index contributed by atoms with van der Waals surface area (Å²) in [6.07, 6.45) is 2.83. The third kappa shape index (κ3) is 2.83. The van der Waals surface area contributed by atoms with Crippen molar-refractivity contribution in [1.82, 2.24) is 5.32 Å². The number of amides is 1. The van der Waals surface area contributed by atoms with E-state index in [9.17, 15) is 22.4 Å². The number of carbonyl (C=O) groups is 1. The van der Waals surface area contributed by atoms with Gasteiger partial charge in [-0.2, -0.15) is 5.26 Å². The molecule has 0 saturated heterocycles. The number of aliphatic imine (C=N–C) groups is 1. The first-order valence-corrected chi connectivity index (χ1v) is 6.01. The number of carbonyl (C=O) groups excluding carboxylic acids is 1. The van der Waals surface area contributed by atoms with Crippen molar-refractivity contribution in [3.63, 3.8) is 0 Å². The Hall–Kier alpha value is -2.28. The topological polar surface area (TPSA) is 91.3 Å². The Morgan fingerprint density at radius 1 is 1.25 bits per heavy atom. The average molecular weight is 306 g/mol. The van der Waals surface area contributed by atoms with Crippen LogP contribution in [0.15, 0.2) is 4.99 Å². The highest BCUT2D eigenvalue weighted by Crippen LogP contribution is 2.30. The highest BCUT2D eigenvalue weighted by Gasteiger charge is 2.28. The van der Waals surface area contributed by atoms with Crippen LogP contribution in [0.3, 0.4) is 0 Å². The van der Waals surface area contributed by atoms with E-state index in [-0.39, 0.29) is 5.17 Å². The van der Waals surface area contributed by atoms with Gasteiger partial charge in [-0.05, 0) is 6.26 Å². The molecule has 0 bridgehead atoms. The average Bonchev–Trinajstić information content (AvgIpc) is 2.40. The van der Waals surface area contributed by atoms with Crippen LogP contribution in [0.4, 0.5) is 23.2 Å². The molecule has 106 valence electrons. The molecule has 0 fully saturated rings. The molecule has 0 aliphatic carbocycles. The summed E-state index contributed by atoms with van der Waals surface area (Å²) >= 11 is 0.775. The number of primary amides is 1. The molecule has 0 radical (unpaired) electrons. The van der Waals surface area contributed by atoms with Crippen molar-refractivity contribution in [1.29, 1.82) is 5.26 Å². The molecule has 0 aromatic heterocycles. The molecule has 10 heteroatoms. The quantitative estimate of drug-likeness (QED) is 0.217. The lowest BCUT2D eigenvalue weighted by Gasteiger charge is -2.08. The Labute approximate surface area is 114 Å². The summed E-state index contributed by atoms with van der Waals surface area (Å²) in [7, 11) is 0. The van der Waals surface area contributed by atoms with Crippen LogP contribution >= 0.6 is 11.8 Å². The standard InChI is InChI=1S/C10H6F4N4OS/c1-20-10(17-2-15)18-8-6(13)4(11)3(9(16)19)5(12)7(8)14/h1H3,(H2,16,19)(H,17,18). The largest absolute Gasteiger partial charge is 0.365 e. The number of rotatable bonds is 2. The van der Waals surface area contributed by atoms with Gasteiger partial charge in [0.1, 0.15) is 11.3 Å². The zero-order valence-electron chi connectivity index (χ0n) is 9.80. The van der Waals surface area contributed by atoms with E-state index in [2.05, 4.69) is 10.7 Å². The van der Waals surface area contributed by atoms with Crippen molar-refractivity contribution >= 4 is 28.5 Å². The fourth-order valence-electron chi connectivity index (χ4n) is 1.21. The zero-order valence-corrected chi connectivity index (χ0v) is 10.6. The first kappa shape index (κ1) is 15.8. The van der Waals surface area contributed by atoms with Gasteiger partial charge >= 0.3 is 0 Å². The second kappa shape index (κ2) is 6.25. The van der Waals surface area contributed by atoms with Gasteiger partial charge in [-0.3, -0.25) is 10.1 Å². The Morgan fingerprint density at radius 3 is 2.10 bits per heavy atom. The summed E-state index contributed by atoms with van der Waals surface area (Å²) in [5, 5.41) is 10.0. The van der Waals surface area contributed by atoms with E-state index >= 15 is 0 Å². The van der Waals surface area contributed by atoms with Crippen molar-refractivity contribution < 1.29 is 22.4 Å². The van der Waals surface area contributed by atoms with Crippen molar-refractivity contribution in [2.45, 2.75) is 0 Å². The number of hydrogen-bond acceptors (Lipinski definition) is 4. The number of nitrogens with one attached hydrogen (secondary N) is 1. The van der Waals surface area contributed by atoms with Crippen molar-refractivity contribution in [2.24, 2.45) is 10.7 Å². The maximum absolute atomic E-state index is 13.6. The zero-order chi connectivity index (χ0) is 15.4. The van der Waals surface area contributed by atoms with Gasteiger partial charge in [0.05, 0.1) is 0 Å². The summed E-state index contributed by atoms with van der Waals surface area (Å²) in [6.45, 7) is 0. The van der Waals surface area contributed by atoms with E-state index in [0.29, 0.717) is 0 Å². The Balaban J connectivity index is 3.60. The second-order valence-corrected chi connectivity index (χ2v) is 4.00. The van der Waals surface area contributed by atoms with Gasteiger partial charge in [0, 0.05) is 0 Å². The molecule has 1 aromatic carbocycles. The fraction of sp³-hybridized carbons (Fsp3) is 0.100. The van der Waals surface area contributed by atoms with E-state index in [1.54, 1.807) is 0 Å². The molecule has 0 heterocycles. The number of nitrogens with zero attached hydrogens (tertiary/aromatic N) is 2. The lowest BCUT2D eigenvalue weighted by atomic mass is 10.1. The third-order valence-electron chi connectivity index (χ3n) is 2.06. The molecule has 0 aliphatic rings. The van der Waals surface area contributed by atoms with Gasteiger partial charge in [0.2, 0.25) is 0 Å². The molecule has 0 aliphatic heterocycles. The summed E-state index contributed by atoms with van der Waals surface area (Å²) < 4.78 is 54.1. The van der Waals surface area contributed by atoms with Crippen molar-refractivity contribution in [2.75, 3.05) is 6.26 Å².